The van der Waals surface area contributed by atoms with Crippen molar-refractivity contribution in [2.45, 2.75) is 0 Å². The Labute approximate surface area is 163 Å². The topological polar surface area (TPSA) is 104 Å². The average Bonchev–Trinajstić information content (AvgIpc) is 3.27. The second-order valence-corrected chi connectivity index (χ2v) is 6.53. The van der Waals surface area contributed by atoms with Crippen molar-refractivity contribution in [3.63, 3.8) is 0 Å². The first-order valence-corrected chi connectivity index (χ1v) is 8.73. The number of para-hydroxylation sites is 2. The molecule has 7 nitrogen and oxygen atoms in total. The zero-order valence-corrected chi connectivity index (χ0v) is 14.8. The summed E-state index contributed by atoms with van der Waals surface area (Å²) < 4.78 is 5.73. The van der Waals surface area contributed by atoms with Crippen LogP contribution in [0.25, 0.3) is 22.6 Å². The highest BCUT2D eigenvalue weighted by Crippen LogP contribution is 2.31. The number of carboxylic acids is 1. The summed E-state index contributed by atoms with van der Waals surface area (Å²) in [5.74, 6) is -2.07. The van der Waals surface area contributed by atoms with E-state index in [1.54, 1.807) is 24.3 Å². The van der Waals surface area contributed by atoms with Gasteiger partial charge in [-0.2, -0.15) is 0 Å². The number of hydrogen-bond acceptors (Lipinski definition) is 6. The van der Waals surface area contributed by atoms with Gasteiger partial charge in [-0.1, -0.05) is 18.2 Å². The van der Waals surface area contributed by atoms with Gasteiger partial charge in [0.05, 0.1) is 22.8 Å². The van der Waals surface area contributed by atoms with Gasteiger partial charge in [-0.05, 0) is 54.1 Å². The number of fused-ring (bicyclic) bond motifs is 2. The molecule has 0 bridgehead atoms. The summed E-state index contributed by atoms with van der Waals surface area (Å²) in [6.07, 6.45) is 0. The molecule has 0 saturated heterocycles. The summed E-state index contributed by atoms with van der Waals surface area (Å²) >= 11 is 0. The molecule has 140 valence electrons. The van der Waals surface area contributed by atoms with Crippen LogP contribution >= 0.6 is 0 Å². The number of aromatic carboxylic acids is 1. The predicted octanol–water partition coefficient (Wildman–Crippen LogP) is 2.66. The van der Waals surface area contributed by atoms with Crippen molar-refractivity contribution in [3.8, 4) is 11.5 Å². The first-order valence-electron chi connectivity index (χ1n) is 8.73. The molecule has 29 heavy (non-hydrogen) atoms. The van der Waals surface area contributed by atoms with Gasteiger partial charge < -0.3 is 14.3 Å². The second kappa shape index (κ2) is 6.13. The van der Waals surface area contributed by atoms with Crippen LogP contribution in [0, 0.1) is 0 Å². The van der Waals surface area contributed by atoms with Gasteiger partial charge in [0.15, 0.2) is 5.58 Å². The number of amides is 2. The van der Waals surface area contributed by atoms with Crippen molar-refractivity contribution in [3.05, 3.63) is 83.4 Å². The molecular weight excluding hydrogens is 372 g/mol. The fourth-order valence-corrected chi connectivity index (χ4v) is 3.35. The highest BCUT2D eigenvalue weighted by molar-refractivity contribution is 6.34. The number of rotatable bonds is 3. The lowest BCUT2D eigenvalue weighted by Crippen LogP contribution is -2.29. The fraction of sp³-hybridized carbons (Fsp3) is 0. The van der Waals surface area contributed by atoms with Crippen LogP contribution < -0.4 is 10.0 Å². The molecule has 3 aromatic carbocycles. The maximum atomic E-state index is 12.7. The molecule has 7 heteroatoms. The van der Waals surface area contributed by atoms with Crippen LogP contribution in [0.3, 0.4) is 0 Å². The van der Waals surface area contributed by atoms with E-state index in [9.17, 15) is 19.5 Å². The number of carboxylic acid groups (broad SMARTS) is 1. The molecule has 2 amide bonds. The summed E-state index contributed by atoms with van der Waals surface area (Å²) in [4.78, 5) is 41.9. The van der Waals surface area contributed by atoms with Gasteiger partial charge >= 0.3 is 0 Å². The number of hydrogen-bond donors (Lipinski definition) is 0. The Morgan fingerprint density at radius 2 is 1.62 bits per heavy atom. The Morgan fingerprint density at radius 3 is 2.34 bits per heavy atom. The third kappa shape index (κ3) is 2.60. The van der Waals surface area contributed by atoms with Crippen molar-refractivity contribution in [2.24, 2.45) is 0 Å². The van der Waals surface area contributed by atoms with Crippen LogP contribution in [-0.4, -0.2) is 22.8 Å². The maximum Gasteiger partial charge on any atom is 0.266 e. The van der Waals surface area contributed by atoms with E-state index >= 15 is 0 Å². The molecule has 1 aliphatic heterocycles. The van der Waals surface area contributed by atoms with Crippen molar-refractivity contribution in [1.82, 2.24) is 4.98 Å². The lowest BCUT2D eigenvalue weighted by Gasteiger charge is -2.13. The molecule has 1 aromatic heterocycles. The quantitative estimate of drug-likeness (QED) is 0.504. The fourth-order valence-electron chi connectivity index (χ4n) is 3.35. The number of oxazole rings is 1. The van der Waals surface area contributed by atoms with Crippen molar-refractivity contribution in [1.29, 1.82) is 0 Å². The van der Waals surface area contributed by atoms with Crippen molar-refractivity contribution < 1.29 is 23.9 Å². The Morgan fingerprint density at radius 1 is 0.897 bits per heavy atom. The molecule has 1 aliphatic rings. The molecule has 0 saturated carbocycles. The van der Waals surface area contributed by atoms with E-state index in [-0.39, 0.29) is 16.7 Å². The number of imide groups is 1. The lowest BCUT2D eigenvalue weighted by molar-refractivity contribution is -0.255. The normalized spacial score (nSPS) is 13.2. The van der Waals surface area contributed by atoms with E-state index in [0.29, 0.717) is 22.7 Å². The zero-order chi connectivity index (χ0) is 20.1. The molecule has 5 rings (SSSR count). The van der Waals surface area contributed by atoms with E-state index in [1.165, 1.54) is 12.1 Å². The van der Waals surface area contributed by atoms with Crippen LogP contribution in [-0.2, 0) is 0 Å². The molecule has 2 heterocycles. The van der Waals surface area contributed by atoms with Gasteiger partial charge in [0.2, 0.25) is 5.89 Å². The molecule has 0 N–H and O–H groups in total. The molecule has 0 radical (unpaired) electrons. The minimum Gasteiger partial charge on any atom is -0.545 e. The second-order valence-electron chi connectivity index (χ2n) is 6.53. The third-order valence-electron chi connectivity index (χ3n) is 4.79. The van der Waals surface area contributed by atoms with Crippen molar-refractivity contribution >= 4 is 34.6 Å². The molecule has 0 aliphatic carbocycles. The number of carbonyl (C=O) groups is 3. The molecule has 0 atom stereocenters. The molecular formula is C22H11N2O5-. The number of benzene rings is 3. The summed E-state index contributed by atoms with van der Waals surface area (Å²) in [6.45, 7) is 0. The largest absolute Gasteiger partial charge is 0.545 e. The van der Waals surface area contributed by atoms with Crippen LogP contribution in [0.4, 0.5) is 5.69 Å². The van der Waals surface area contributed by atoms with Crippen LogP contribution in [0.2, 0.25) is 0 Å². The van der Waals surface area contributed by atoms with Crippen LogP contribution in [0.1, 0.15) is 31.1 Å². The molecule has 4 aromatic rings. The van der Waals surface area contributed by atoms with Gasteiger partial charge in [-0.25, -0.2) is 9.88 Å². The molecule has 0 fully saturated rings. The standard InChI is InChI=1S/C22H12N2O5/c25-20-15-10-7-13(22(27)28)11-16(15)21(26)24(20)14-8-5-12(6-9-14)19-23-17-3-1-2-4-18(17)29-19/h1-11H,(H,27,28)/p-1. The first-order chi connectivity index (χ1) is 14.0. The maximum absolute atomic E-state index is 12.7. The molecule has 0 unspecified atom stereocenters. The van der Waals surface area contributed by atoms with E-state index in [1.807, 2.05) is 24.3 Å². The molecule has 0 spiro atoms. The Bertz CT molecular complexity index is 1290. The SMILES string of the molecule is O=C([O-])c1ccc2c(c1)C(=O)N(c1ccc(-c3nc4ccccc4o3)cc1)C2=O. The smallest absolute Gasteiger partial charge is 0.266 e. The van der Waals surface area contributed by atoms with Crippen LogP contribution in [0.15, 0.2) is 71.1 Å². The summed E-state index contributed by atoms with van der Waals surface area (Å²) in [6, 6.07) is 17.8. The Balaban J connectivity index is 1.49. The Hall–Kier alpha value is -4.26. The van der Waals surface area contributed by atoms with Gasteiger partial charge in [0.1, 0.15) is 5.52 Å². The monoisotopic (exact) mass is 383 g/mol. The van der Waals surface area contributed by atoms with Gasteiger partial charge in [0, 0.05) is 5.56 Å². The van der Waals surface area contributed by atoms with E-state index in [2.05, 4.69) is 4.98 Å². The van der Waals surface area contributed by atoms with Gasteiger partial charge in [-0.3, -0.25) is 9.59 Å². The third-order valence-corrected chi connectivity index (χ3v) is 4.79. The summed E-state index contributed by atoms with van der Waals surface area (Å²) in [7, 11) is 0. The Kier molecular flexibility index (Phi) is 3.57. The highest BCUT2D eigenvalue weighted by Gasteiger charge is 2.36. The number of carbonyl (C=O) groups excluding carboxylic acids is 3. The minimum atomic E-state index is -1.41. The summed E-state index contributed by atoms with van der Waals surface area (Å²) in [5.41, 5.74) is 2.50. The van der Waals surface area contributed by atoms with Gasteiger partial charge in [-0.15, -0.1) is 0 Å². The summed E-state index contributed by atoms with van der Waals surface area (Å²) in [5, 5.41) is 11.0. The average molecular weight is 383 g/mol. The van der Waals surface area contributed by atoms with Crippen LogP contribution in [0.5, 0.6) is 0 Å². The highest BCUT2D eigenvalue weighted by atomic mass is 16.4. The van der Waals surface area contributed by atoms with E-state index < -0.39 is 17.8 Å². The number of aromatic nitrogens is 1. The zero-order valence-electron chi connectivity index (χ0n) is 14.8. The first kappa shape index (κ1) is 16.9. The number of anilines is 1. The van der Waals surface area contributed by atoms with E-state index in [4.69, 9.17) is 4.42 Å². The van der Waals surface area contributed by atoms with Crippen molar-refractivity contribution in [2.75, 3.05) is 4.90 Å². The number of nitrogens with zero attached hydrogens (tertiary/aromatic N) is 2. The van der Waals surface area contributed by atoms with Gasteiger partial charge in [0.25, 0.3) is 11.8 Å². The van der Waals surface area contributed by atoms with E-state index in [0.717, 1.165) is 16.5 Å². The predicted molar refractivity (Wildman–Crippen MR) is 101 cm³/mol. The minimum absolute atomic E-state index is 0.0414. The lowest BCUT2D eigenvalue weighted by atomic mass is 10.1.